The van der Waals surface area contributed by atoms with Crippen molar-refractivity contribution in [1.82, 2.24) is 0 Å². The standard InChI is InChI=1S/C11H15F3O3S/c1-9(2)7-4-5-10(9,3)6-8(7)17-18(15,16)11(12,13)14/h6-7H,4-5H2,1-3H3/t7-,10+/m0/s1. The molecule has 104 valence electrons. The molecule has 0 unspecified atom stereocenters. The predicted octanol–water partition coefficient (Wildman–Crippen LogP) is 3.19. The van der Waals surface area contributed by atoms with Gasteiger partial charge >= 0.3 is 15.6 Å². The van der Waals surface area contributed by atoms with Gasteiger partial charge in [0.25, 0.3) is 0 Å². The number of halogens is 3. The van der Waals surface area contributed by atoms with Crippen LogP contribution < -0.4 is 0 Å². The molecular formula is C11H15F3O3S. The van der Waals surface area contributed by atoms with E-state index in [0.29, 0.717) is 6.42 Å². The maximum absolute atomic E-state index is 12.3. The molecular weight excluding hydrogens is 269 g/mol. The lowest BCUT2D eigenvalue weighted by Gasteiger charge is -2.33. The van der Waals surface area contributed by atoms with Crippen molar-refractivity contribution in [3.05, 3.63) is 11.8 Å². The highest BCUT2D eigenvalue weighted by Crippen LogP contribution is 2.64. The fraction of sp³-hybridized carbons (Fsp3) is 0.818. The number of rotatable bonds is 2. The average Bonchev–Trinajstić information content (AvgIpc) is 2.44. The Labute approximate surface area is 104 Å². The molecule has 0 radical (unpaired) electrons. The minimum Gasteiger partial charge on any atom is -0.381 e. The summed E-state index contributed by atoms with van der Waals surface area (Å²) in [4.78, 5) is 0. The monoisotopic (exact) mass is 284 g/mol. The second-order valence-corrected chi connectivity index (χ2v) is 7.30. The van der Waals surface area contributed by atoms with E-state index in [1.165, 1.54) is 0 Å². The van der Waals surface area contributed by atoms with Crippen molar-refractivity contribution in [3.63, 3.8) is 0 Å². The molecule has 0 heterocycles. The molecule has 3 nitrogen and oxygen atoms in total. The van der Waals surface area contributed by atoms with Crippen molar-refractivity contribution in [3.8, 4) is 0 Å². The van der Waals surface area contributed by atoms with Gasteiger partial charge in [0, 0.05) is 5.92 Å². The third-order valence-corrected chi connectivity index (χ3v) is 5.57. The average molecular weight is 284 g/mol. The van der Waals surface area contributed by atoms with Crippen LogP contribution in [-0.2, 0) is 14.3 Å². The van der Waals surface area contributed by atoms with Crippen LogP contribution in [0, 0.1) is 16.7 Å². The Balaban J connectivity index is 2.31. The first-order valence-electron chi connectivity index (χ1n) is 5.64. The zero-order valence-corrected chi connectivity index (χ0v) is 11.2. The summed E-state index contributed by atoms with van der Waals surface area (Å²) in [6.07, 6.45) is 3.04. The van der Waals surface area contributed by atoms with Gasteiger partial charge in [-0.15, -0.1) is 0 Å². The Morgan fingerprint density at radius 3 is 2.22 bits per heavy atom. The van der Waals surface area contributed by atoms with E-state index in [-0.39, 0.29) is 22.5 Å². The summed E-state index contributed by atoms with van der Waals surface area (Å²) < 4.78 is 63.2. The topological polar surface area (TPSA) is 43.4 Å². The largest absolute Gasteiger partial charge is 0.534 e. The fourth-order valence-corrected chi connectivity index (χ4v) is 3.46. The summed E-state index contributed by atoms with van der Waals surface area (Å²) in [5, 5.41) is 0. The molecule has 0 N–H and O–H groups in total. The van der Waals surface area contributed by atoms with Gasteiger partial charge < -0.3 is 4.18 Å². The molecule has 0 amide bonds. The summed E-state index contributed by atoms with van der Waals surface area (Å²) in [5.41, 5.74) is -5.95. The molecule has 2 aliphatic rings. The third-order valence-electron chi connectivity index (χ3n) is 4.59. The molecule has 2 rings (SSSR count). The Hall–Kier alpha value is -0.720. The zero-order valence-electron chi connectivity index (χ0n) is 10.3. The van der Waals surface area contributed by atoms with Gasteiger partial charge in [0.1, 0.15) is 5.76 Å². The van der Waals surface area contributed by atoms with Crippen LogP contribution in [0.1, 0.15) is 33.6 Å². The van der Waals surface area contributed by atoms with E-state index in [0.717, 1.165) is 6.42 Å². The Morgan fingerprint density at radius 2 is 1.89 bits per heavy atom. The summed E-state index contributed by atoms with van der Waals surface area (Å²) >= 11 is 0. The van der Waals surface area contributed by atoms with Crippen LogP contribution in [0.4, 0.5) is 13.2 Å². The lowest BCUT2D eigenvalue weighted by atomic mass is 9.70. The number of allylic oxidation sites excluding steroid dienone is 2. The smallest absolute Gasteiger partial charge is 0.381 e. The van der Waals surface area contributed by atoms with Crippen LogP contribution in [0.15, 0.2) is 11.8 Å². The van der Waals surface area contributed by atoms with E-state index in [9.17, 15) is 21.6 Å². The van der Waals surface area contributed by atoms with E-state index in [1.54, 1.807) is 6.08 Å². The first-order chi connectivity index (χ1) is 7.91. The van der Waals surface area contributed by atoms with Gasteiger partial charge in [-0.3, -0.25) is 0 Å². The van der Waals surface area contributed by atoms with Crippen molar-refractivity contribution in [2.75, 3.05) is 0 Å². The van der Waals surface area contributed by atoms with E-state index in [4.69, 9.17) is 0 Å². The molecule has 2 atom stereocenters. The molecule has 1 saturated carbocycles. The summed E-state index contributed by atoms with van der Waals surface area (Å²) in [7, 11) is -5.55. The van der Waals surface area contributed by atoms with Gasteiger partial charge in [-0.2, -0.15) is 21.6 Å². The van der Waals surface area contributed by atoms with E-state index >= 15 is 0 Å². The SMILES string of the molecule is CC1(C)[C@H]2CC[C@]1(C)C=C2OS(=O)(=O)C(F)(F)F. The first kappa shape index (κ1) is 13.7. The van der Waals surface area contributed by atoms with E-state index in [1.807, 2.05) is 20.8 Å². The second kappa shape index (κ2) is 3.43. The Bertz CT molecular complexity index is 504. The lowest BCUT2D eigenvalue weighted by molar-refractivity contribution is -0.0528. The van der Waals surface area contributed by atoms with Crippen LogP contribution >= 0.6 is 0 Å². The molecule has 0 spiro atoms. The van der Waals surface area contributed by atoms with Gasteiger partial charge in [-0.25, -0.2) is 0 Å². The molecule has 1 fully saturated rings. The predicted molar refractivity (Wildman–Crippen MR) is 58.8 cm³/mol. The van der Waals surface area contributed by atoms with Crippen molar-refractivity contribution in [1.29, 1.82) is 0 Å². The molecule has 0 aromatic carbocycles. The number of hydrogen-bond acceptors (Lipinski definition) is 3. The lowest BCUT2D eigenvalue weighted by Crippen LogP contribution is -2.29. The third kappa shape index (κ3) is 1.66. The van der Waals surface area contributed by atoms with Gasteiger partial charge in [0.2, 0.25) is 0 Å². The van der Waals surface area contributed by atoms with Gasteiger partial charge in [0.05, 0.1) is 0 Å². The van der Waals surface area contributed by atoms with Crippen molar-refractivity contribution >= 4 is 10.1 Å². The highest BCUT2D eigenvalue weighted by atomic mass is 32.2. The molecule has 2 bridgehead atoms. The van der Waals surface area contributed by atoms with Crippen molar-refractivity contribution < 1.29 is 25.8 Å². The molecule has 18 heavy (non-hydrogen) atoms. The van der Waals surface area contributed by atoms with Gasteiger partial charge in [0.15, 0.2) is 0 Å². The fourth-order valence-electron chi connectivity index (χ4n) is 2.95. The second-order valence-electron chi connectivity index (χ2n) is 5.76. The molecule has 0 saturated heterocycles. The highest BCUT2D eigenvalue weighted by Gasteiger charge is 2.59. The summed E-state index contributed by atoms with van der Waals surface area (Å²) in [6.45, 7) is 5.78. The maximum Gasteiger partial charge on any atom is 0.534 e. The van der Waals surface area contributed by atoms with Crippen LogP contribution in [0.2, 0.25) is 0 Å². The van der Waals surface area contributed by atoms with Crippen LogP contribution in [0.25, 0.3) is 0 Å². The van der Waals surface area contributed by atoms with Crippen LogP contribution in [0.3, 0.4) is 0 Å². The highest BCUT2D eigenvalue weighted by molar-refractivity contribution is 7.87. The van der Waals surface area contributed by atoms with Gasteiger partial charge in [-0.1, -0.05) is 20.8 Å². The van der Waals surface area contributed by atoms with E-state index in [2.05, 4.69) is 4.18 Å². The first-order valence-corrected chi connectivity index (χ1v) is 7.05. The Kier molecular flexibility index (Phi) is 2.61. The molecule has 7 heteroatoms. The number of alkyl halides is 3. The molecule has 0 aliphatic heterocycles. The summed E-state index contributed by atoms with van der Waals surface area (Å²) in [6, 6.07) is 0. The molecule has 2 aliphatic carbocycles. The van der Waals surface area contributed by atoms with Gasteiger partial charge in [-0.05, 0) is 29.7 Å². The normalized spacial score (nSPS) is 34.6. The van der Waals surface area contributed by atoms with Crippen molar-refractivity contribution in [2.45, 2.75) is 39.1 Å². The molecule has 0 aromatic rings. The number of fused-ring (bicyclic) bond motifs is 2. The quantitative estimate of drug-likeness (QED) is 0.577. The minimum absolute atomic E-state index is 0.0499. The summed E-state index contributed by atoms with van der Waals surface area (Å²) in [5.74, 6) is -0.314. The zero-order chi connectivity index (χ0) is 14.0. The van der Waals surface area contributed by atoms with Crippen LogP contribution in [0.5, 0.6) is 0 Å². The molecule has 0 aromatic heterocycles. The van der Waals surface area contributed by atoms with E-state index < -0.39 is 15.6 Å². The Morgan fingerprint density at radius 1 is 1.33 bits per heavy atom. The van der Waals surface area contributed by atoms with Crippen LogP contribution in [-0.4, -0.2) is 13.9 Å². The maximum atomic E-state index is 12.3. The van der Waals surface area contributed by atoms with Crippen molar-refractivity contribution in [2.24, 2.45) is 16.7 Å². The minimum atomic E-state index is -5.55. The number of hydrogen-bond donors (Lipinski definition) is 0.